The van der Waals surface area contributed by atoms with Crippen LogP contribution in [0.25, 0.3) is 0 Å². The van der Waals surface area contributed by atoms with Gasteiger partial charge in [0, 0.05) is 31.7 Å². The zero-order valence-electron chi connectivity index (χ0n) is 15.9. The molecule has 2 heterocycles. The normalized spacial score (nSPS) is 20.0. The predicted octanol–water partition coefficient (Wildman–Crippen LogP) is 1.17. The highest BCUT2D eigenvalue weighted by Gasteiger charge is 2.29. The third kappa shape index (κ3) is 4.87. The molecule has 0 atom stereocenters. The molecule has 2 fully saturated rings. The van der Waals surface area contributed by atoms with E-state index >= 15 is 0 Å². The average molecular weight is 396 g/mol. The maximum atomic E-state index is 12.9. The summed E-state index contributed by atoms with van der Waals surface area (Å²) in [4.78, 5) is 14.5. The molecule has 2 saturated heterocycles. The lowest BCUT2D eigenvalue weighted by Crippen LogP contribution is -2.41. The molecular weight excluding hydrogens is 366 g/mol. The molecule has 0 aliphatic carbocycles. The number of nitrogens with zero attached hydrogens (tertiary/aromatic N) is 2. The van der Waals surface area contributed by atoms with Crippen molar-refractivity contribution in [3.05, 3.63) is 29.8 Å². The molecule has 0 unspecified atom stereocenters. The molecule has 7 nitrogen and oxygen atoms in total. The van der Waals surface area contributed by atoms with Gasteiger partial charge in [-0.1, -0.05) is 6.92 Å². The molecule has 2 aliphatic rings. The summed E-state index contributed by atoms with van der Waals surface area (Å²) in [6.45, 7) is 7.29. The fraction of sp³-hybridized carbons (Fsp3) is 0.632. The summed E-state index contributed by atoms with van der Waals surface area (Å²) in [6.07, 6.45) is 1.75. The minimum atomic E-state index is -3.51. The van der Waals surface area contributed by atoms with E-state index in [0.29, 0.717) is 50.9 Å². The number of hydrogen-bond donors (Lipinski definition) is 1. The van der Waals surface area contributed by atoms with Crippen LogP contribution in [-0.4, -0.2) is 76.0 Å². The zero-order chi connectivity index (χ0) is 19.3. The quantitative estimate of drug-likeness (QED) is 0.782. The second-order valence-electron chi connectivity index (χ2n) is 7.08. The molecule has 1 N–H and O–H groups in total. The van der Waals surface area contributed by atoms with Gasteiger partial charge >= 0.3 is 0 Å². The molecule has 8 heteroatoms. The number of carbonyl (C=O) groups excluding carboxylic acids is 1. The lowest BCUT2D eigenvalue weighted by Gasteiger charge is -2.31. The van der Waals surface area contributed by atoms with Gasteiger partial charge in [-0.05, 0) is 56.1 Å². The minimum Gasteiger partial charge on any atom is -0.378 e. The van der Waals surface area contributed by atoms with Crippen molar-refractivity contribution in [3.63, 3.8) is 0 Å². The van der Waals surface area contributed by atoms with E-state index in [1.165, 1.54) is 0 Å². The molecule has 2 aliphatic heterocycles. The summed E-state index contributed by atoms with van der Waals surface area (Å²) in [6, 6.07) is 6.33. The summed E-state index contributed by atoms with van der Waals surface area (Å²) in [5, 5.41) is 3.34. The Labute approximate surface area is 161 Å². The predicted molar refractivity (Wildman–Crippen MR) is 103 cm³/mol. The molecule has 1 aromatic carbocycles. The van der Waals surface area contributed by atoms with Crippen LogP contribution < -0.4 is 5.32 Å². The summed E-state index contributed by atoms with van der Waals surface area (Å²) in [5.41, 5.74) is 0.514. The highest BCUT2D eigenvalue weighted by Crippen LogP contribution is 2.24. The summed E-state index contributed by atoms with van der Waals surface area (Å²) >= 11 is 0. The van der Waals surface area contributed by atoms with Crippen LogP contribution in [0.15, 0.2) is 29.2 Å². The van der Waals surface area contributed by atoms with Gasteiger partial charge in [0.2, 0.25) is 10.0 Å². The number of hydrogen-bond acceptors (Lipinski definition) is 5. The van der Waals surface area contributed by atoms with Crippen molar-refractivity contribution in [1.82, 2.24) is 14.5 Å². The maximum absolute atomic E-state index is 12.9. The first-order chi connectivity index (χ1) is 13.0. The van der Waals surface area contributed by atoms with Gasteiger partial charge < -0.3 is 15.0 Å². The summed E-state index contributed by atoms with van der Waals surface area (Å²) in [5.74, 6) is 0.455. The number of morpholine rings is 1. The highest BCUT2D eigenvalue weighted by molar-refractivity contribution is 7.89. The second kappa shape index (κ2) is 9.14. The van der Waals surface area contributed by atoms with E-state index in [-0.39, 0.29) is 10.8 Å². The Morgan fingerprint density at radius 3 is 2.33 bits per heavy atom. The Morgan fingerprint density at radius 2 is 1.74 bits per heavy atom. The first-order valence-electron chi connectivity index (χ1n) is 9.70. The van der Waals surface area contributed by atoms with Crippen molar-refractivity contribution in [2.75, 3.05) is 52.5 Å². The van der Waals surface area contributed by atoms with Crippen molar-refractivity contribution >= 4 is 15.9 Å². The number of nitrogens with one attached hydrogen (secondary N) is 1. The van der Waals surface area contributed by atoms with E-state index in [1.54, 1.807) is 33.5 Å². The van der Waals surface area contributed by atoms with Crippen molar-refractivity contribution < 1.29 is 17.9 Å². The molecule has 1 amide bonds. The van der Waals surface area contributed by atoms with Gasteiger partial charge in [0.05, 0.1) is 18.1 Å². The van der Waals surface area contributed by atoms with Crippen LogP contribution in [0.5, 0.6) is 0 Å². The number of carbonyl (C=O) groups is 1. The number of benzene rings is 1. The first-order valence-corrected chi connectivity index (χ1v) is 11.1. The Hall–Kier alpha value is -1.48. The Bertz CT molecular complexity index is 722. The van der Waals surface area contributed by atoms with E-state index in [1.807, 2.05) is 0 Å². The molecule has 0 aromatic heterocycles. The van der Waals surface area contributed by atoms with Crippen LogP contribution >= 0.6 is 0 Å². The van der Waals surface area contributed by atoms with Crippen LogP contribution in [0.2, 0.25) is 0 Å². The molecular formula is C19H29N3O4S. The number of ether oxygens (including phenoxy) is 1. The van der Waals surface area contributed by atoms with Crippen molar-refractivity contribution in [2.45, 2.75) is 24.7 Å². The third-order valence-corrected chi connectivity index (χ3v) is 7.21. The smallest absolute Gasteiger partial charge is 0.254 e. The number of piperidine rings is 1. The maximum Gasteiger partial charge on any atom is 0.254 e. The average Bonchev–Trinajstić information content (AvgIpc) is 2.72. The second-order valence-corrected chi connectivity index (χ2v) is 9.02. The van der Waals surface area contributed by atoms with Gasteiger partial charge in [0.25, 0.3) is 5.91 Å². The van der Waals surface area contributed by atoms with E-state index < -0.39 is 10.0 Å². The number of amides is 1. The lowest BCUT2D eigenvalue weighted by molar-refractivity contribution is 0.0303. The summed E-state index contributed by atoms with van der Waals surface area (Å²) < 4.78 is 32.6. The molecule has 150 valence electrons. The van der Waals surface area contributed by atoms with Crippen LogP contribution in [-0.2, 0) is 14.8 Å². The van der Waals surface area contributed by atoms with Gasteiger partial charge in [-0.25, -0.2) is 8.42 Å². The highest BCUT2D eigenvalue weighted by atomic mass is 32.2. The van der Waals surface area contributed by atoms with Crippen LogP contribution in [0.3, 0.4) is 0 Å². The van der Waals surface area contributed by atoms with Gasteiger partial charge in [-0.15, -0.1) is 0 Å². The number of sulfonamides is 1. The lowest BCUT2D eigenvalue weighted by atomic mass is 9.98. The summed E-state index contributed by atoms with van der Waals surface area (Å²) in [7, 11) is -3.51. The molecule has 0 radical (unpaired) electrons. The Kier molecular flexibility index (Phi) is 6.86. The Balaban J connectivity index is 1.63. The van der Waals surface area contributed by atoms with Gasteiger partial charge in [-0.3, -0.25) is 4.79 Å². The molecule has 0 spiro atoms. The van der Waals surface area contributed by atoms with Gasteiger partial charge in [-0.2, -0.15) is 4.31 Å². The van der Waals surface area contributed by atoms with Crippen molar-refractivity contribution in [3.8, 4) is 0 Å². The fourth-order valence-corrected chi connectivity index (χ4v) is 5.04. The molecule has 0 bridgehead atoms. The van der Waals surface area contributed by atoms with E-state index in [0.717, 1.165) is 25.9 Å². The van der Waals surface area contributed by atoms with E-state index in [9.17, 15) is 13.2 Å². The first kappa shape index (κ1) is 20.3. The fourth-order valence-electron chi connectivity index (χ4n) is 3.57. The zero-order valence-corrected chi connectivity index (χ0v) is 16.7. The monoisotopic (exact) mass is 395 g/mol. The van der Waals surface area contributed by atoms with Gasteiger partial charge in [0.15, 0.2) is 0 Å². The molecule has 27 heavy (non-hydrogen) atoms. The molecule has 0 saturated carbocycles. The van der Waals surface area contributed by atoms with Crippen LogP contribution in [0.1, 0.15) is 30.1 Å². The van der Waals surface area contributed by atoms with E-state index in [2.05, 4.69) is 12.2 Å². The third-order valence-electron chi connectivity index (χ3n) is 5.29. The molecule has 1 aromatic rings. The topological polar surface area (TPSA) is 79.0 Å². The van der Waals surface area contributed by atoms with Gasteiger partial charge in [0.1, 0.15) is 0 Å². The minimum absolute atomic E-state index is 0.0773. The SMILES string of the molecule is CCNCC1CCN(S(=O)(=O)c2ccc(C(=O)N3CCOCC3)cc2)CC1. The van der Waals surface area contributed by atoms with Crippen LogP contribution in [0, 0.1) is 5.92 Å². The standard InChI is InChI=1S/C19H29N3O4S/c1-2-20-15-16-7-9-22(10-8-16)27(24,25)18-5-3-17(4-6-18)19(23)21-11-13-26-14-12-21/h3-6,16,20H,2,7-15H2,1H3. The largest absolute Gasteiger partial charge is 0.378 e. The van der Waals surface area contributed by atoms with Crippen molar-refractivity contribution in [2.24, 2.45) is 5.92 Å². The Morgan fingerprint density at radius 1 is 1.11 bits per heavy atom. The van der Waals surface area contributed by atoms with Crippen molar-refractivity contribution in [1.29, 1.82) is 0 Å². The molecule has 3 rings (SSSR count). The number of rotatable bonds is 6. The van der Waals surface area contributed by atoms with Crippen LogP contribution in [0.4, 0.5) is 0 Å². The van der Waals surface area contributed by atoms with E-state index in [4.69, 9.17) is 4.74 Å².